The van der Waals surface area contributed by atoms with Crippen molar-refractivity contribution in [1.29, 1.82) is 0 Å². The van der Waals surface area contributed by atoms with E-state index >= 15 is 0 Å². The second kappa shape index (κ2) is 5.32. The van der Waals surface area contributed by atoms with Gasteiger partial charge in [0.25, 0.3) is 0 Å². The normalized spacial score (nSPS) is 20.0. The van der Waals surface area contributed by atoms with Crippen LogP contribution in [0.25, 0.3) is 0 Å². The molecule has 0 spiro atoms. The van der Waals surface area contributed by atoms with E-state index < -0.39 is 0 Å². The third-order valence-corrected chi connectivity index (χ3v) is 3.44. The number of methoxy groups -OCH3 is 1. The number of hydrogen-bond acceptors (Lipinski definition) is 3. The van der Waals surface area contributed by atoms with Gasteiger partial charge < -0.3 is 10.1 Å². The van der Waals surface area contributed by atoms with Crippen molar-refractivity contribution in [2.24, 2.45) is 0 Å². The van der Waals surface area contributed by atoms with Crippen LogP contribution < -0.4 is 5.32 Å². The first kappa shape index (κ1) is 12.1. The summed E-state index contributed by atoms with van der Waals surface area (Å²) in [5.74, 6) is 0.279. The molecule has 1 aromatic rings. The van der Waals surface area contributed by atoms with E-state index in [-0.39, 0.29) is 5.97 Å². The maximum absolute atomic E-state index is 11.6. The summed E-state index contributed by atoms with van der Waals surface area (Å²) >= 11 is 0. The summed E-state index contributed by atoms with van der Waals surface area (Å²) in [5, 5.41) is 3.39. The number of benzene rings is 1. The van der Waals surface area contributed by atoms with Crippen molar-refractivity contribution >= 4 is 5.97 Å². The highest BCUT2D eigenvalue weighted by Crippen LogP contribution is 2.25. The average Bonchev–Trinajstić information content (AvgIpc) is 2.39. The molecule has 1 unspecified atom stereocenters. The fourth-order valence-corrected chi connectivity index (χ4v) is 2.36. The van der Waals surface area contributed by atoms with Gasteiger partial charge in [-0.3, -0.25) is 0 Å². The van der Waals surface area contributed by atoms with Crippen LogP contribution in [0.3, 0.4) is 0 Å². The first-order valence-corrected chi connectivity index (χ1v) is 6.12. The zero-order valence-corrected chi connectivity index (χ0v) is 10.5. The van der Waals surface area contributed by atoms with Gasteiger partial charge in [-0.15, -0.1) is 0 Å². The van der Waals surface area contributed by atoms with E-state index in [2.05, 4.69) is 11.4 Å². The first-order chi connectivity index (χ1) is 8.22. The number of nitrogens with one attached hydrogen (secondary N) is 1. The smallest absolute Gasteiger partial charge is 0.338 e. The molecule has 1 aliphatic rings. The molecule has 1 heterocycles. The zero-order chi connectivity index (χ0) is 12.3. The maximum atomic E-state index is 11.6. The Bertz CT molecular complexity index is 409. The Morgan fingerprint density at radius 1 is 1.47 bits per heavy atom. The lowest BCUT2D eigenvalue weighted by Gasteiger charge is -2.23. The van der Waals surface area contributed by atoms with Crippen molar-refractivity contribution < 1.29 is 9.53 Å². The highest BCUT2D eigenvalue weighted by atomic mass is 16.5. The number of piperidine rings is 1. The molecule has 0 aliphatic carbocycles. The van der Waals surface area contributed by atoms with E-state index in [0.29, 0.717) is 11.5 Å². The number of carbonyl (C=O) groups is 1. The Balaban J connectivity index is 2.26. The van der Waals surface area contributed by atoms with Gasteiger partial charge in [0.05, 0.1) is 12.7 Å². The molecule has 2 rings (SSSR count). The third-order valence-electron chi connectivity index (χ3n) is 3.44. The number of esters is 1. The van der Waals surface area contributed by atoms with Crippen molar-refractivity contribution in [2.45, 2.75) is 25.7 Å². The molecule has 0 saturated carbocycles. The first-order valence-electron chi connectivity index (χ1n) is 6.12. The van der Waals surface area contributed by atoms with Gasteiger partial charge in [0, 0.05) is 6.54 Å². The summed E-state index contributed by atoms with van der Waals surface area (Å²) < 4.78 is 4.80. The molecule has 0 aromatic heterocycles. The molecule has 17 heavy (non-hydrogen) atoms. The number of hydrogen-bond donors (Lipinski definition) is 1. The summed E-state index contributed by atoms with van der Waals surface area (Å²) in [5.41, 5.74) is 2.91. The van der Waals surface area contributed by atoms with Crippen LogP contribution >= 0.6 is 0 Å². The molecular formula is C14H19NO2. The quantitative estimate of drug-likeness (QED) is 0.796. The number of rotatable bonds is 2. The van der Waals surface area contributed by atoms with Crippen LogP contribution in [0.15, 0.2) is 18.2 Å². The van der Waals surface area contributed by atoms with Crippen LogP contribution in [0.4, 0.5) is 0 Å². The minimum Gasteiger partial charge on any atom is -0.465 e. The topological polar surface area (TPSA) is 38.3 Å². The van der Waals surface area contributed by atoms with Gasteiger partial charge in [-0.25, -0.2) is 4.79 Å². The van der Waals surface area contributed by atoms with E-state index in [4.69, 9.17) is 4.74 Å². The van der Waals surface area contributed by atoms with Crippen LogP contribution in [-0.4, -0.2) is 26.2 Å². The molecule has 0 radical (unpaired) electrons. The molecule has 1 saturated heterocycles. The van der Waals surface area contributed by atoms with Gasteiger partial charge >= 0.3 is 5.97 Å². The van der Waals surface area contributed by atoms with Crippen LogP contribution in [-0.2, 0) is 4.74 Å². The molecule has 3 heteroatoms. The molecular weight excluding hydrogens is 214 g/mol. The summed E-state index contributed by atoms with van der Waals surface area (Å²) in [6.07, 6.45) is 2.39. The standard InChI is InChI=1S/C14H19NO2/c1-10-5-6-11(8-13(10)14(16)17-2)12-4-3-7-15-9-12/h5-6,8,12,15H,3-4,7,9H2,1-2H3. The van der Waals surface area contributed by atoms with E-state index in [1.54, 1.807) is 0 Å². The van der Waals surface area contributed by atoms with Crippen molar-refractivity contribution in [3.63, 3.8) is 0 Å². The predicted octanol–water partition coefficient (Wildman–Crippen LogP) is 2.25. The summed E-state index contributed by atoms with van der Waals surface area (Å²) in [4.78, 5) is 11.6. The van der Waals surface area contributed by atoms with Crippen LogP contribution in [0.5, 0.6) is 0 Å². The molecule has 1 aliphatic heterocycles. The van der Waals surface area contributed by atoms with E-state index in [9.17, 15) is 4.79 Å². The summed E-state index contributed by atoms with van der Waals surface area (Å²) in [6.45, 7) is 4.05. The Labute approximate surface area is 102 Å². The molecule has 1 atom stereocenters. The Kier molecular flexibility index (Phi) is 3.79. The molecule has 3 nitrogen and oxygen atoms in total. The van der Waals surface area contributed by atoms with Gasteiger partial charge in [0.15, 0.2) is 0 Å². The minimum atomic E-state index is -0.242. The third kappa shape index (κ3) is 2.67. The molecule has 1 fully saturated rings. The Morgan fingerprint density at radius 2 is 2.29 bits per heavy atom. The van der Waals surface area contributed by atoms with Crippen LogP contribution in [0, 0.1) is 6.92 Å². The molecule has 0 amide bonds. The number of aryl methyl sites for hydroxylation is 1. The largest absolute Gasteiger partial charge is 0.465 e. The van der Waals surface area contributed by atoms with Gasteiger partial charge in [0.2, 0.25) is 0 Å². The van der Waals surface area contributed by atoms with E-state index in [1.165, 1.54) is 25.5 Å². The van der Waals surface area contributed by atoms with Gasteiger partial charge in [-0.2, -0.15) is 0 Å². The molecule has 92 valence electrons. The van der Waals surface area contributed by atoms with Crippen molar-refractivity contribution in [3.05, 3.63) is 34.9 Å². The lowest BCUT2D eigenvalue weighted by atomic mass is 9.89. The monoisotopic (exact) mass is 233 g/mol. The predicted molar refractivity (Wildman–Crippen MR) is 67.4 cm³/mol. The highest BCUT2D eigenvalue weighted by Gasteiger charge is 2.17. The summed E-state index contributed by atoms with van der Waals surface area (Å²) in [6, 6.07) is 6.12. The fourth-order valence-electron chi connectivity index (χ4n) is 2.36. The SMILES string of the molecule is COC(=O)c1cc(C2CCCNC2)ccc1C. The molecule has 1 N–H and O–H groups in total. The Hall–Kier alpha value is -1.35. The number of carbonyl (C=O) groups excluding carboxylic acids is 1. The van der Waals surface area contributed by atoms with Crippen molar-refractivity contribution in [3.8, 4) is 0 Å². The van der Waals surface area contributed by atoms with Crippen LogP contribution in [0.2, 0.25) is 0 Å². The molecule has 0 bridgehead atoms. The van der Waals surface area contributed by atoms with Crippen molar-refractivity contribution in [2.75, 3.05) is 20.2 Å². The van der Waals surface area contributed by atoms with E-state index in [0.717, 1.165) is 18.7 Å². The lowest BCUT2D eigenvalue weighted by molar-refractivity contribution is 0.0599. The second-order valence-corrected chi connectivity index (χ2v) is 4.61. The van der Waals surface area contributed by atoms with Gasteiger partial charge in [0.1, 0.15) is 0 Å². The zero-order valence-electron chi connectivity index (χ0n) is 10.5. The second-order valence-electron chi connectivity index (χ2n) is 4.61. The Morgan fingerprint density at radius 3 is 2.94 bits per heavy atom. The molecule has 1 aromatic carbocycles. The average molecular weight is 233 g/mol. The van der Waals surface area contributed by atoms with Crippen molar-refractivity contribution in [1.82, 2.24) is 5.32 Å². The van der Waals surface area contributed by atoms with E-state index in [1.807, 2.05) is 19.1 Å². The summed E-state index contributed by atoms with van der Waals surface area (Å²) in [7, 11) is 1.43. The van der Waals surface area contributed by atoms with Crippen LogP contribution in [0.1, 0.15) is 40.2 Å². The lowest BCUT2D eigenvalue weighted by Crippen LogP contribution is -2.28. The minimum absolute atomic E-state index is 0.242. The highest BCUT2D eigenvalue weighted by molar-refractivity contribution is 5.91. The van der Waals surface area contributed by atoms with Gasteiger partial charge in [-0.1, -0.05) is 12.1 Å². The van der Waals surface area contributed by atoms with Gasteiger partial charge in [-0.05, 0) is 49.4 Å². The fraction of sp³-hybridized carbons (Fsp3) is 0.500. The maximum Gasteiger partial charge on any atom is 0.338 e. The number of ether oxygens (including phenoxy) is 1.